The Balaban J connectivity index is 1.62. The average molecular weight is 423 g/mol. The van der Waals surface area contributed by atoms with E-state index in [0.717, 1.165) is 5.75 Å². The Morgan fingerprint density at radius 2 is 2.00 bits per heavy atom. The van der Waals surface area contributed by atoms with Crippen molar-refractivity contribution in [3.05, 3.63) is 30.1 Å². The minimum atomic E-state index is 0.0776. The molecular weight excluding hydrogens is 396 g/mol. The van der Waals surface area contributed by atoms with E-state index in [1.54, 1.807) is 14.2 Å². The van der Waals surface area contributed by atoms with E-state index in [1.165, 1.54) is 11.8 Å². The summed E-state index contributed by atoms with van der Waals surface area (Å²) in [6.45, 7) is 3.79. The molecule has 0 saturated carbocycles. The number of carbonyl (C=O) groups is 1. The summed E-state index contributed by atoms with van der Waals surface area (Å²) in [5.74, 6) is 2.46. The van der Waals surface area contributed by atoms with Crippen molar-refractivity contribution in [2.24, 2.45) is 0 Å². The number of methoxy groups -OCH3 is 2. The van der Waals surface area contributed by atoms with Crippen molar-refractivity contribution in [2.75, 3.05) is 52.9 Å². The van der Waals surface area contributed by atoms with Crippen molar-refractivity contribution in [1.29, 1.82) is 0 Å². The number of aromatic nitrogens is 3. The molecule has 158 valence electrons. The first kappa shape index (κ1) is 21.4. The summed E-state index contributed by atoms with van der Waals surface area (Å²) in [4.78, 5) is 14.2. The summed E-state index contributed by atoms with van der Waals surface area (Å²) in [6.07, 6.45) is 0. The van der Waals surface area contributed by atoms with Gasteiger partial charge in [0.05, 0.1) is 32.7 Å². The van der Waals surface area contributed by atoms with E-state index >= 15 is 0 Å². The lowest BCUT2D eigenvalue weighted by atomic mass is 10.3. The molecule has 10 heteroatoms. The monoisotopic (exact) mass is 422 g/mol. The predicted octanol–water partition coefficient (Wildman–Crippen LogP) is 1.46. The second kappa shape index (κ2) is 11.0. The van der Waals surface area contributed by atoms with Crippen molar-refractivity contribution in [3.63, 3.8) is 0 Å². The lowest BCUT2D eigenvalue weighted by Crippen LogP contribution is -2.41. The number of hydrogen-bond acceptors (Lipinski definition) is 8. The Morgan fingerprint density at radius 1 is 1.21 bits per heavy atom. The fraction of sp³-hybridized carbons (Fsp3) is 0.526. The molecule has 0 atom stereocenters. The van der Waals surface area contributed by atoms with E-state index in [2.05, 4.69) is 10.2 Å². The van der Waals surface area contributed by atoms with Gasteiger partial charge < -0.3 is 28.4 Å². The van der Waals surface area contributed by atoms with Crippen LogP contribution >= 0.6 is 11.8 Å². The molecule has 1 amide bonds. The predicted molar refractivity (Wildman–Crippen MR) is 107 cm³/mol. The van der Waals surface area contributed by atoms with Crippen molar-refractivity contribution in [1.82, 2.24) is 19.7 Å². The van der Waals surface area contributed by atoms with Gasteiger partial charge in [-0.15, -0.1) is 10.2 Å². The zero-order valence-corrected chi connectivity index (χ0v) is 17.5. The van der Waals surface area contributed by atoms with Gasteiger partial charge in [0.15, 0.2) is 11.0 Å². The third kappa shape index (κ3) is 6.09. The number of morpholine rings is 1. The molecule has 0 spiro atoms. The van der Waals surface area contributed by atoms with E-state index in [1.807, 2.05) is 33.7 Å². The Hall–Kier alpha value is -2.30. The van der Waals surface area contributed by atoms with Crippen molar-refractivity contribution < 1.29 is 23.7 Å². The van der Waals surface area contributed by atoms with Gasteiger partial charge in [-0.3, -0.25) is 4.79 Å². The quantitative estimate of drug-likeness (QED) is 0.532. The van der Waals surface area contributed by atoms with Crippen LogP contribution < -0.4 is 9.47 Å². The van der Waals surface area contributed by atoms with Crippen LogP contribution in [0.1, 0.15) is 5.82 Å². The van der Waals surface area contributed by atoms with E-state index in [-0.39, 0.29) is 12.5 Å². The highest BCUT2D eigenvalue weighted by Gasteiger charge is 2.19. The Labute approximate surface area is 174 Å². The number of nitrogens with zero attached hydrogens (tertiary/aromatic N) is 4. The lowest BCUT2D eigenvalue weighted by Gasteiger charge is -2.26. The van der Waals surface area contributed by atoms with E-state index < -0.39 is 0 Å². The molecular formula is C19H26N4O5S. The maximum atomic E-state index is 12.4. The minimum absolute atomic E-state index is 0.0776. The number of thioether (sulfide) groups is 1. The van der Waals surface area contributed by atoms with E-state index in [0.29, 0.717) is 61.9 Å². The maximum Gasteiger partial charge on any atom is 0.233 e. The van der Waals surface area contributed by atoms with Gasteiger partial charge in [0.25, 0.3) is 0 Å². The molecule has 2 aromatic rings. The van der Waals surface area contributed by atoms with Crippen LogP contribution in [0.3, 0.4) is 0 Å². The Kier molecular flexibility index (Phi) is 8.14. The standard InChI is InChI=1S/C19H26N4O5S/c1-25-9-8-23-17(13-28-16-5-3-4-15(12-16)26-2)20-21-19(23)29-14-18(24)22-6-10-27-11-7-22/h3-5,12H,6-11,13-14H2,1-2H3. The van der Waals surface area contributed by atoms with Crippen LogP contribution in [-0.2, 0) is 27.4 Å². The number of rotatable bonds is 10. The Bertz CT molecular complexity index is 795. The van der Waals surface area contributed by atoms with Gasteiger partial charge in [0.1, 0.15) is 18.1 Å². The minimum Gasteiger partial charge on any atom is -0.497 e. The first-order valence-corrected chi connectivity index (χ1v) is 10.4. The molecule has 2 heterocycles. The normalized spacial score (nSPS) is 14.1. The van der Waals surface area contributed by atoms with Crippen molar-refractivity contribution in [2.45, 2.75) is 18.3 Å². The topological polar surface area (TPSA) is 87.9 Å². The molecule has 1 aliphatic rings. The summed E-state index contributed by atoms with van der Waals surface area (Å²) in [6, 6.07) is 7.39. The lowest BCUT2D eigenvalue weighted by molar-refractivity contribution is -0.132. The first-order valence-electron chi connectivity index (χ1n) is 9.37. The SMILES string of the molecule is COCCn1c(COc2cccc(OC)c2)nnc1SCC(=O)N1CCOCC1. The first-order chi connectivity index (χ1) is 14.2. The van der Waals surface area contributed by atoms with Gasteiger partial charge in [-0.2, -0.15) is 0 Å². The van der Waals surface area contributed by atoms with Crippen LogP contribution in [0.2, 0.25) is 0 Å². The molecule has 0 radical (unpaired) electrons. The zero-order chi connectivity index (χ0) is 20.5. The third-order valence-corrected chi connectivity index (χ3v) is 5.36. The fourth-order valence-corrected chi connectivity index (χ4v) is 3.70. The molecule has 3 rings (SSSR count). The van der Waals surface area contributed by atoms with Crippen LogP contribution in [-0.4, -0.2) is 78.5 Å². The van der Waals surface area contributed by atoms with Crippen LogP contribution in [0.4, 0.5) is 0 Å². The molecule has 0 aliphatic carbocycles. The highest BCUT2D eigenvalue weighted by molar-refractivity contribution is 7.99. The molecule has 9 nitrogen and oxygen atoms in total. The van der Waals surface area contributed by atoms with Gasteiger partial charge >= 0.3 is 0 Å². The number of amides is 1. The highest BCUT2D eigenvalue weighted by atomic mass is 32.2. The molecule has 1 aromatic carbocycles. The molecule has 1 aromatic heterocycles. The van der Waals surface area contributed by atoms with Gasteiger partial charge in [0.2, 0.25) is 5.91 Å². The summed E-state index contributed by atoms with van der Waals surface area (Å²) in [5, 5.41) is 9.18. The average Bonchev–Trinajstić information content (AvgIpc) is 3.16. The second-order valence-corrected chi connectivity index (χ2v) is 7.24. The van der Waals surface area contributed by atoms with Gasteiger partial charge in [-0.25, -0.2) is 0 Å². The number of carbonyl (C=O) groups excluding carboxylic acids is 1. The van der Waals surface area contributed by atoms with E-state index in [4.69, 9.17) is 18.9 Å². The maximum absolute atomic E-state index is 12.4. The summed E-state index contributed by atoms with van der Waals surface area (Å²) in [5.41, 5.74) is 0. The smallest absolute Gasteiger partial charge is 0.233 e. The van der Waals surface area contributed by atoms with Gasteiger partial charge in [-0.05, 0) is 12.1 Å². The van der Waals surface area contributed by atoms with Crippen molar-refractivity contribution >= 4 is 17.7 Å². The van der Waals surface area contributed by atoms with Crippen LogP contribution in [0.25, 0.3) is 0 Å². The van der Waals surface area contributed by atoms with Gasteiger partial charge in [-0.1, -0.05) is 17.8 Å². The summed E-state index contributed by atoms with van der Waals surface area (Å²) >= 11 is 1.37. The summed E-state index contributed by atoms with van der Waals surface area (Å²) < 4.78 is 23.5. The molecule has 1 saturated heterocycles. The molecule has 0 N–H and O–H groups in total. The Morgan fingerprint density at radius 3 is 2.76 bits per heavy atom. The number of ether oxygens (including phenoxy) is 4. The van der Waals surface area contributed by atoms with E-state index in [9.17, 15) is 4.79 Å². The second-order valence-electron chi connectivity index (χ2n) is 6.29. The van der Waals surface area contributed by atoms with Crippen LogP contribution in [0.5, 0.6) is 11.5 Å². The van der Waals surface area contributed by atoms with Gasteiger partial charge in [0, 0.05) is 32.8 Å². The molecule has 29 heavy (non-hydrogen) atoms. The molecule has 0 bridgehead atoms. The summed E-state index contributed by atoms with van der Waals surface area (Å²) in [7, 11) is 3.26. The molecule has 1 fully saturated rings. The third-order valence-electron chi connectivity index (χ3n) is 4.41. The zero-order valence-electron chi connectivity index (χ0n) is 16.7. The van der Waals surface area contributed by atoms with Crippen LogP contribution in [0.15, 0.2) is 29.4 Å². The molecule has 1 aliphatic heterocycles. The number of benzene rings is 1. The molecule has 0 unspecified atom stereocenters. The highest BCUT2D eigenvalue weighted by Crippen LogP contribution is 2.22. The largest absolute Gasteiger partial charge is 0.497 e. The fourth-order valence-electron chi connectivity index (χ4n) is 2.81. The number of hydrogen-bond donors (Lipinski definition) is 0. The van der Waals surface area contributed by atoms with Crippen molar-refractivity contribution in [3.8, 4) is 11.5 Å². The van der Waals surface area contributed by atoms with Crippen LogP contribution in [0, 0.1) is 0 Å².